The second kappa shape index (κ2) is 12.9. The highest BCUT2D eigenvalue weighted by molar-refractivity contribution is 7.10. The van der Waals surface area contributed by atoms with E-state index in [1.54, 1.807) is 6.20 Å². The summed E-state index contributed by atoms with van der Waals surface area (Å²) in [5.74, 6) is 6.13. The quantitative estimate of drug-likeness (QED) is 0.133. The highest BCUT2D eigenvalue weighted by atomic mass is 32.1. The van der Waals surface area contributed by atoms with Crippen molar-refractivity contribution in [1.82, 2.24) is 26.5 Å². The van der Waals surface area contributed by atoms with Crippen molar-refractivity contribution in [1.29, 1.82) is 0 Å². The molecular weight excluding hydrogens is 540 g/mol. The number of benzene rings is 3. The summed E-state index contributed by atoms with van der Waals surface area (Å²) in [6.07, 6.45) is 3.52. The van der Waals surface area contributed by atoms with Crippen LogP contribution in [0.5, 0.6) is 0 Å². The topological polar surface area (TPSA) is 104 Å². The Balaban J connectivity index is 1.36. The summed E-state index contributed by atoms with van der Waals surface area (Å²) in [7, 11) is 1.92. The van der Waals surface area contributed by atoms with Crippen molar-refractivity contribution in [3.05, 3.63) is 105 Å². The molecule has 1 heterocycles. The van der Waals surface area contributed by atoms with E-state index in [2.05, 4.69) is 81.6 Å². The van der Waals surface area contributed by atoms with Crippen molar-refractivity contribution in [3.8, 4) is 11.8 Å². The van der Waals surface area contributed by atoms with Gasteiger partial charge in [0.05, 0.1) is 11.6 Å². The monoisotopic (exact) mass is 578 g/mol. The highest BCUT2D eigenvalue weighted by Gasteiger charge is 2.46. The Bertz CT molecular complexity index is 1660. The molecule has 0 radical (unpaired) electrons. The highest BCUT2D eigenvalue weighted by Crippen LogP contribution is 2.47. The van der Waals surface area contributed by atoms with E-state index < -0.39 is 5.54 Å². The number of carbonyl (C=O) groups excluding carboxylic acids is 1. The molecule has 0 aliphatic heterocycles. The van der Waals surface area contributed by atoms with Crippen LogP contribution in [-0.4, -0.2) is 30.0 Å². The fourth-order valence-electron chi connectivity index (χ4n) is 5.32. The Morgan fingerprint density at radius 2 is 1.86 bits per heavy atom. The summed E-state index contributed by atoms with van der Waals surface area (Å²) < 4.78 is 0. The van der Waals surface area contributed by atoms with E-state index >= 15 is 0 Å². The number of aromatic nitrogens is 1. The van der Waals surface area contributed by atoms with Crippen molar-refractivity contribution in [3.63, 3.8) is 0 Å². The molecule has 0 spiro atoms. The van der Waals surface area contributed by atoms with E-state index in [4.69, 9.17) is 5.73 Å². The summed E-state index contributed by atoms with van der Waals surface area (Å²) in [6, 6.07) is 20.3. The van der Waals surface area contributed by atoms with Gasteiger partial charge < -0.3 is 16.4 Å². The van der Waals surface area contributed by atoms with Crippen molar-refractivity contribution >= 4 is 33.6 Å². The smallest absolute Gasteiger partial charge is 0.252 e. The lowest BCUT2D eigenvalue weighted by Crippen LogP contribution is -2.39. The minimum absolute atomic E-state index is 0.0782. The molecule has 4 aromatic rings. The fourth-order valence-corrected chi connectivity index (χ4v) is 5.81. The second-order valence-electron chi connectivity index (χ2n) is 10.8. The van der Waals surface area contributed by atoms with Gasteiger partial charge in [-0.15, -0.1) is 11.3 Å². The predicted molar refractivity (Wildman–Crippen MR) is 173 cm³/mol. The molecule has 6 N–H and O–H groups in total. The van der Waals surface area contributed by atoms with Gasteiger partial charge in [-0.2, -0.15) is 0 Å². The average Bonchev–Trinajstić information content (AvgIpc) is 3.58. The van der Waals surface area contributed by atoms with Gasteiger partial charge in [0.1, 0.15) is 0 Å². The van der Waals surface area contributed by atoms with Crippen molar-refractivity contribution in [2.75, 3.05) is 7.05 Å². The average molecular weight is 579 g/mol. The van der Waals surface area contributed by atoms with Crippen molar-refractivity contribution in [2.24, 2.45) is 5.73 Å². The Morgan fingerprint density at radius 3 is 2.57 bits per heavy atom. The summed E-state index contributed by atoms with van der Waals surface area (Å²) >= 11 is 1.52. The zero-order chi connectivity index (χ0) is 29.7. The van der Waals surface area contributed by atoms with Gasteiger partial charge in [-0.3, -0.25) is 10.2 Å². The van der Waals surface area contributed by atoms with Crippen LogP contribution in [0, 0.1) is 11.8 Å². The van der Waals surface area contributed by atoms with E-state index in [0.717, 1.165) is 56.6 Å². The number of nitrogens with two attached hydrogens (primary N) is 1. The molecule has 1 aliphatic rings. The first kappa shape index (κ1) is 29.5. The largest absolute Gasteiger partial charge is 0.391 e. The number of fused-ring (bicyclic) bond motifs is 1. The number of allylic oxidation sites excluding steroid dienone is 1. The number of amides is 1. The molecule has 2 unspecified atom stereocenters. The first-order valence-corrected chi connectivity index (χ1v) is 15.2. The van der Waals surface area contributed by atoms with Gasteiger partial charge in [-0.25, -0.2) is 10.4 Å². The van der Waals surface area contributed by atoms with E-state index in [-0.39, 0.29) is 18.0 Å². The molecule has 1 aliphatic carbocycles. The lowest BCUT2D eigenvalue weighted by Gasteiger charge is -2.24. The van der Waals surface area contributed by atoms with E-state index in [0.29, 0.717) is 12.1 Å². The zero-order valence-electron chi connectivity index (χ0n) is 24.5. The van der Waals surface area contributed by atoms with Crippen LogP contribution in [0.2, 0.25) is 0 Å². The standard InChI is InChI=1S/C34H38N6OS/c1-22(13-14-31-37-17-18-42-31)40-38-21-26-10-6-8-12-29(26)33(41)39-34(15-16-34)27-19-25-9-5-7-11-28(25)30(20-27)32(23(2)35)24(3)36-4/h5-12,17-20,22-23,36,38,40H,15-16,21,35H2,1-4H3,(H,39,41)/b32-24+. The van der Waals surface area contributed by atoms with Gasteiger partial charge in [0.15, 0.2) is 5.01 Å². The van der Waals surface area contributed by atoms with E-state index in [1.165, 1.54) is 11.3 Å². The number of rotatable bonds is 10. The number of nitrogens with one attached hydrogen (secondary N) is 4. The fraction of sp³-hybridized carbons (Fsp3) is 0.294. The molecule has 8 heteroatoms. The molecule has 1 saturated carbocycles. The third kappa shape index (κ3) is 6.56. The molecule has 5 rings (SSSR count). The van der Waals surface area contributed by atoms with Gasteiger partial charge in [0.2, 0.25) is 0 Å². The summed E-state index contributed by atoms with van der Waals surface area (Å²) in [4.78, 5) is 17.9. The van der Waals surface area contributed by atoms with E-state index in [9.17, 15) is 4.79 Å². The number of hydrazine groups is 1. The van der Waals surface area contributed by atoms with Gasteiger partial charge in [-0.05, 0) is 90.8 Å². The molecule has 1 fully saturated rings. The Morgan fingerprint density at radius 1 is 1.10 bits per heavy atom. The summed E-state index contributed by atoms with van der Waals surface area (Å²) in [5.41, 5.74) is 18.4. The molecular formula is C34H38N6OS. The molecule has 2 atom stereocenters. The van der Waals surface area contributed by atoms with Gasteiger partial charge in [-0.1, -0.05) is 48.4 Å². The van der Waals surface area contributed by atoms with Crippen LogP contribution >= 0.6 is 11.3 Å². The van der Waals surface area contributed by atoms with Gasteiger partial charge in [0.25, 0.3) is 5.91 Å². The third-order valence-electron chi connectivity index (χ3n) is 7.73. The molecule has 3 aromatic carbocycles. The first-order chi connectivity index (χ1) is 20.3. The lowest BCUT2D eigenvalue weighted by atomic mass is 9.88. The molecule has 7 nitrogen and oxygen atoms in total. The van der Waals surface area contributed by atoms with Crippen LogP contribution in [0.15, 0.2) is 77.9 Å². The lowest BCUT2D eigenvalue weighted by molar-refractivity contribution is 0.0929. The number of thiazole rings is 1. The molecule has 0 saturated heterocycles. The van der Waals surface area contributed by atoms with Gasteiger partial charge in [0, 0.05) is 42.5 Å². The second-order valence-corrected chi connectivity index (χ2v) is 11.7. The SMILES string of the molecule is CN/C(C)=C(/c1cc(C2(NC(=O)c3ccccc3CNNC(C)C#Cc3nccs3)CC2)cc2ccccc12)C(C)N. The molecule has 1 amide bonds. The minimum atomic E-state index is -0.412. The number of hydrogen-bond donors (Lipinski definition) is 5. The third-order valence-corrected chi connectivity index (χ3v) is 8.42. The van der Waals surface area contributed by atoms with Crippen molar-refractivity contribution < 1.29 is 4.79 Å². The maximum Gasteiger partial charge on any atom is 0.252 e. The Labute approximate surface area is 252 Å². The Kier molecular flexibility index (Phi) is 9.05. The zero-order valence-corrected chi connectivity index (χ0v) is 25.4. The first-order valence-electron chi connectivity index (χ1n) is 14.3. The molecule has 1 aromatic heterocycles. The Hall–Kier alpha value is -4.00. The molecule has 0 bridgehead atoms. The van der Waals surface area contributed by atoms with Crippen LogP contribution in [0.1, 0.15) is 65.7 Å². The van der Waals surface area contributed by atoms with Crippen LogP contribution in [0.4, 0.5) is 0 Å². The van der Waals surface area contributed by atoms with Gasteiger partial charge >= 0.3 is 0 Å². The summed E-state index contributed by atoms with van der Waals surface area (Å²) in [6.45, 7) is 6.53. The van der Waals surface area contributed by atoms with Crippen LogP contribution in [-0.2, 0) is 12.1 Å². The van der Waals surface area contributed by atoms with Crippen molar-refractivity contribution in [2.45, 2.75) is 57.8 Å². The number of hydrogen-bond acceptors (Lipinski definition) is 7. The van der Waals surface area contributed by atoms with E-state index in [1.807, 2.05) is 50.5 Å². The van der Waals surface area contributed by atoms with Crippen LogP contribution < -0.4 is 27.2 Å². The maximum absolute atomic E-state index is 13.7. The van der Waals surface area contributed by atoms with Crippen LogP contribution in [0.25, 0.3) is 16.3 Å². The number of nitrogens with zero attached hydrogens (tertiary/aromatic N) is 1. The van der Waals surface area contributed by atoms with Crippen LogP contribution in [0.3, 0.4) is 0 Å². The number of carbonyl (C=O) groups is 1. The molecule has 216 valence electrons. The maximum atomic E-state index is 13.7. The molecule has 42 heavy (non-hydrogen) atoms. The minimum Gasteiger partial charge on any atom is -0.391 e. The normalized spacial score (nSPS) is 15.6. The predicted octanol–water partition coefficient (Wildman–Crippen LogP) is 5.05. The summed E-state index contributed by atoms with van der Waals surface area (Å²) in [5, 5.41) is 11.7.